The van der Waals surface area contributed by atoms with Crippen LogP contribution in [0.15, 0.2) is 33.9 Å². The smallest absolute Gasteiger partial charge is 0.277 e. The molecule has 2 aromatic heterocycles. The number of ketones is 1. The van der Waals surface area contributed by atoms with E-state index in [0.717, 1.165) is 34.2 Å². The summed E-state index contributed by atoms with van der Waals surface area (Å²) < 4.78 is 6.83. The molecule has 0 spiro atoms. The van der Waals surface area contributed by atoms with Gasteiger partial charge in [0.1, 0.15) is 10.7 Å². The standard InChI is InChI=1S/C16H13ClN2O2S2/c17-13-9-5-1-3-7-11(9)22-14(13)15-18-19-16(21-15)23-12-8-4-2-6-10(12)20/h1,3,5,7,12H,2,4,6,8H2/t12-/m0/s1. The molecule has 4 rings (SSSR count). The molecule has 3 aromatic rings. The molecule has 1 atom stereocenters. The van der Waals surface area contributed by atoms with Crippen molar-refractivity contribution >= 4 is 50.6 Å². The van der Waals surface area contributed by atoms with E-state index >= 15 is 0 Å². The van der Waals surface area contributed by atoms with E-state index in [2.05, 4.69) is 10.2 Å². The largest absolute Gasteiger partial charge is 0.410 e. The summed E-state index contributed by atoms with van der Waals surface area (Å²) in [5.74, 6) is 0.697. The molecule has 1 aliphatic rings. The minimum Gasteiger partial charge on any atom is -0.410 e. The molecular formula is C16H13ClN2O2S2. The maximum absolute atomic E-state index is 11.9. The Morgan fingerprint density at radius 1 is 1.26 bits per heavy atom. The fraction of sp³-hybridized carbons (Fsp3) is 0.312. The number of thiophene rings is 1. The van der Waals surface area contributed by atoms with Gasteiger partial charge >= 0.3 is 0 Å². The lowest BCUT2D eigenvalue weighted by atomic mass is 9.99. The molecule has 0 N–H and O–H groups in total. The van der Waals surface area contributed by atoms with Gasteiger partial charge in [0, 0.05) is 16.5 Å². The third-order valence-electron chi connectivity index (χ3n) is 3.88. The van der Waals surface area contributed by atoms with Crippen molar-refractivity contribution in [3.63, 3.8) is 0 Å². The highest BCUT2D eigenvalue weighted by atomic mass is 35.5. The maximum Gasteiger partial charge on any atom is 0.277 e. The number of nitrogens with zero attached hydrogens (tertiary/aromatic N) is 2. The quantitative estimate of drug-likeness (QED) is 0.638. The minimum absolute atomic E-state index is 0.0603. The third kappa shape index (κ3) is 2.91. The highest BCUT2D eigenvalue weighted by Crippen LogP contribution is 2.42. The molecule has 7 heteroatoms. The minimum atomic E-state index is -0.0603. The molecule has 4 nitrogen and oxygen atoms in total. The molecule has 0 radical (unpaired) electrons. The summed E-state index contributed by atoms with van der Waals surface area (Å²) >= 11 is 9.34. The van der Waals surface area contributed by atoms with E-state index in [4.69, 9.17) is 16.0 Å². The molecular weight excluding hydrogens is 352 g/mol. The molecule has 1 aliphatic carbocycles. The van der Waals surface area contributed by atoms with Gasteiger partial charge in [0.2, 0.25) is 0 Å². The number of carbonyl (C=O) groups excluding carboxylic acids is 1. The van der Waals surface area contributed by atoms with Crippen LogP contribution in [0.3, 0.4) is 0 Å². The number of rotatable bonds is 3. The number of hydrogen-bond acceptors (Lipinski definition) is 6. The van der Waals surface area contributed by atoms with Crippen molar-refractivity contribution in [2.45, 2.75) is 36.2 Å². The van der Waals surface area contributed by atoms with E-state index in [1.807, 2.05) is 24.3 Å². The molecule has 0 bridgehead atoms. The van der Waals surface area contributed by atoms with Crippen molar-refractivity contribution in [3.8, 4) is 10.8 Å². The summed E-state index contributed by atoms with van der Waals surface area (Å²) in [6, 6.07) is 7.92. The van der Waals surface area contributed by atoms with Crippen molar-refractivity contribution < 1.29 is 9.21 Å². The number of halogens is 1. The van der Waals surface area contributed by atoms with Crippen LogP contribution in [0.2, 0.25) is 5.02 Å². The normalized spacial score (nSPS) is 18.7. The molecule has 118 valence electrons. The molecule has 0 aliphatic heterocycles. The summed E-state index contributed by atoms with van der Waals surface area (Å²) in [5.41, 5.74) is 0. The lowest BCUT2D eigenvalue weighted by Gasteiger charge is -2.17. The molecule has 0 unspecified atom stereocenters. The number of thioether (sulfide) groups is 1. The first-order chi connectivity index (χ1) is 11.2. The van der Waals surface area contributed by atoms with Crippen molar-refractivity contribution in [1.82, 2.24) is 10.2 Å². The zero-order valence-electron chi connectivity index (χ0n) is 12.1. The monoisotopic (exact) mass is 364 g/mol. The Hall–Kier alpha value is -1.37. The number of carbonyl (C=O) groups is 1. The number of hydrogen-bond donors (Lipinski definition) is 0. The number of aromatic nitrogens is 2. The van der Waals surface area contributed by atoms with Crippen molar-refractivity contribution in [2.75, 3.05) is 0 Å². The average molecular weight is 365 g/mol. The first kappa shape index (κ1) is 15.2. The SMILES string of the molecule is O=C1CCCC[C@@H]1Sc1nnc(-c2sc3ccccc3c2Cl)o1. The van der Waals surface area contributed by atoms with Crippen LogP contribution >= 0.6 is 34.7 Å². The van der Waals surface area contributed by atoms with Crippen LogP contribution in [0.1, 0.15) is 25.7 Å². The Morgan fingerprint density at radius 2 is 2.13 bits per heavy atom. The first-order valence-corrected chi connectivity index (χ1v) is 9.50. The van der Waals surface area contributed by atoms with Crippen LogP contribution in [0.25, 0.3) is 20.9 Å². The molecule has 0 saturated heterocycles. The maximum atomic E-state index is 11.9. The van der Waals surface area contributed by atoms with Gasteiger partial charge in [-0.05, 0) is 18.9 Å². The van der Waals surface area contributed by atoms with Crippen LogP contribution in [0, 0.1) is 0 Å². The van der Waals surface area contributed by atoms with Gasteiger partial charge in [-0.2, -0.15) is 0 Å². The number of fused-ring (bicyclic) bond motifs is 1. The molecule has 1 aromatic carbocycles. The van der Waals surface area contributed by atoms with E-state index in [0.29, 0.717) is 22.6 Å². The van der Waals surface area contributed by atoms with Crippen molar-refractivity contribution in [2.24, 2.45) is 0 Å². The summed E-state index contributed by atoms with van der Waals surface area (Å²) in [7, 11) is 0. The Kier molecular flexibility index (Phi) is 4.13. The Labute approximate surface area is 146 Å². The summed E-state index contributed by atoms with van der Waals surface area (Å²) in [6.45, 7) is 0. The summed E-state index contributed by atoms with van der Waals surface area (Å²) in [4.78, 5) is 12.7. The van der Waals surface area contributed by atoms with Crippen LogP contribution in [-0.4, -0.2) is 21.2 Å². The molecule has 0 amide bonds. The molecule has 2 heterocycles. The van der Waals surface area contributed by atoms with Gasteiger partial charge in [-0.15, -0.1) is 21.5 Å². The zero-order chi connectivity index (χ0) is 15.8. The van der Waals surface area contributed by atoms with Gasteiger partial charge in [0.05, 0.1) is 10.3 Å². The van der Waals surface area contributed by atoms with Gasteiger partial charge in [-0.3, -0.25) is 4.79 Å². The lowest BCUT2D eigenvalue weighted by Crippen LogP contribution is -2.21. The average Bonchev–Trinajstić information content (AvgIpc) is 3.15. The second-order valence-corrected chi connectivity index (χ2v) is 8.02. The van der Waals surface area contributed by atoms with E-state index in [-0.39, 0.29) is 11.0 Å². The highest BCUT2D eigenvalue weighted by Gasteiger charge is 2.26. The predicted molar refractivity (Wildman–Crippen MR) is 93.2 cm³/mol. The Balaban J connectivity index is 1.61. The number of benzene rings is 1. The van der Waals surface area contributed by atoms with Crippen LogP contribution in [0.5, 0.6) is 0 Å². The molecule has 1 saturated carbocycles. The van der Waals surface area contributed by atoms with Crippen molar-refractivity contribution in [3.05, 3.63) is 29.3 Å². The second kappa shape index (κ2) is 6.26. The first-order valence-electron chi connectivity index (χ1n) is 7.42. The lowest BCUT2D eigenvalue weighted by molar-refractivity contribution is -0.119. The van der Waals surface area contributed by atoms with Gasteiger partial charge < -0.3 is 4.42 Å². The van der Waals surface area contributed by atoms with E-state index in [1.165, 1.54) is 23.1 Å². The van der Waals surface area contributed by atoms with E-state index in [1.54, 1.807) is 0 Å². The van der Waals surface area contributed by atoms with Gasteiger partial charge in [-0.1, -0.05) is 48.0 Å². The van der Waals surface area contributed by atoms with Gasteiger partial charge in [0.15, 0.2) is 0 Å². The summed E-state index contributed by atoms with van der Waals surface area (Å²) in [6.07, 6.45) is 3.60. The third-order valence-corrected chi connectivity index (χ3v) is 6.69. The fourth-order valence-electron chi connectivity index (χ4n) is 2.70. The van der Waals surface area contributed by atoms with E-state index in [9.17, 15) is 4.79 Å². The predicted octanol–water partition coefficient (Wildman–Crippen LogP) is 5.21. The van der Waals surface area contributed by atoms with Gasteiger partial charge in [-0.25, -0.2) is 0 Å². The molecule has 1 fully saturated rings. The summed E-state index contributed by atoms with van der Waals surface area (Å²) in [5, 5.41) is 10.2. The second-order valence-electron chi connectivity index (χ2n) is 5.43. The van der Waals surface area contributed by atoms with Crippen LogP contribution in [0.4, 0.5) is 0 Å². The fourth-order valence-corrected chi connectivity index (χ4v) is 5.12. The van der Waals surface area contributed by atoms with E-state index < -0.39 is 0 Å². The Bertz CT molecular complexity index is 874. The van der Waals surface area contributed by atoms with Gasteiger partial charge in [0.25, 0.3) is 11.1 Å². The molecule has 23 heavy (non-hydrogen) atoms. The van der Waals surface area contributed by atoms with Crippen LogP contribution < -0.4 is 0 Å². The zero-order valence-corrected chi connectivity index (χ0v) is 14.5. The highest BCUT2D eigenvalue weighted by molar-refractivity contribution is 8.00. The number of Topliss-reactive ketones (excluding diaryl/α,β-unsaturated/α-hetero) is 1. The topological polar surface area (TPSA) is 56.0 Å². The van der Waals surface area contributed by atoms with Crippen molar-refractivity contribution in [1.29, 1.82) is 0 Å². The van der Waals surface area contributed by atoms with Crippen LogP contribution in [-0.2, 0) is 4.79 Å². The Morgan fingerprint density at radius 3 is 2.96 bits per heavy atom.